The number of carbonyl (C=O) groups excluding carboxylic acids is 1. The highest BCUT2D eigenvalue weighted by Gasteiger charge is 2.46. The minimum Gasteiger partial charge on any atom is -0.462 e. The fraction of sp³-hybridized carbons (Fsp3) is 0.471. The molecule has 1 heterocycles. The van der Waals surface area contributed by atoms with E-state index >= 15 is 0 Å². The van der Waals surface area contributed by atoms with Crippen LogP contribution >= 0.6 is 0 Å². The van der Waals surface area contributed by atoms with Crippen LogP contribution in [0.5, 0.6) is 5.75 Å². The van der Waals surface area contributed by atoms with Crippen molar-refractivity contribution in [3.8, 4) is 5.75 Å². The highest BCUT2D eigenvalue weighted by atomic mass is 16.7. The van der Waals surface area contributed by atoms with Crippen molar-refractivity contribution >= 4 is 5.91 Å². The molecule has 1 amide bonds. The first kappa shape index (κ1) is 18.4. The Morgan fingerprint density at radius 1 is 1.38 bits per heavy atom. The quantitative estimate of drug-likeness (QED) is 0.533. The Hall–Kier alpha value is -1.93. The van der Waals surface area contributed by atoms with E-state index in [4.69, 9.17) is 9.47 Å². The van der Waals surface area contributed by atoms with Crippen molar-refractivity contribution in [2.24, 2.45) is 0 Å². The summed E-state index contributed by atoms with van der Waals surface area (Å²) in [4.78, 5) is 11.4. The lowest BCUT2D eigenvalue weighted by Gasteiger charge is -2.42. The summed E-state index contributed by atoms with van der Waals surface area (Å²) < 4.78 is 11.4. The molecule has 24 heavy (non-hydrogen) atoms. The number of aliphatic hydroxyl groups excluding tert-OH is 3. The van der Waals surface area contributed by atoms with E-state index in [0.717, 1.165) is 5.56 Å². The van der Waals surface area contributed by atoms with Gasteiger partial charge in [-0.15, -0.1) is 6.58 Å². The van der Waals surface area contributed by atoms with Gasteiger partial charge < -0.3 is 30.1 Å². The Kier molecular flexibility index (Phi) is 6.33. The van der Waals surface area contributed by atoms with E-state index in [9.17, 15) is 20.1 Å². The molecule has 132 valence electrons. The molecule has 1 aromatic rings. The smallest absolute Gasteiger partial charge is 0.223 e. The van der Waals surface area contributed by atoms with Gasteiger partial charge in [-0.25, -0.2) is 0 Å². The van der Waals surface area contributed by atoms with E-state index in [0.29, 0.717) is 12.2 Å². The minimum absolute atomic E-state index is 0.398. The molecule has 1 saturated heterocycles. The van der Waals surface area contributed by atoms with E-state index in [1.165, 1.54) is 6.92 Å². The van der Waals surface area contributed by atoms with Crippen molar-refractivity contribution in [1.29, 1.82) is 0 Å². The lowest BCUT2D eigenvalue weighted by Crippen LogP contribution is -2.65. The normalized spacial score (nSPS) is 29.8. The van der Waals surface area contributed by atoms with Crippen molar-refractivity contribution in [1.82, 2.24) is 5.32 Å². The molecule has 2 rings (SSSR count). The molecule has 1 aliphatic rings. The Balaban J connectivity index is 2.26. The molecule has 0 spiro atoms. The molecule has 0 aliphatic carbocycles. The number of nitrogens with one attached hydrogen (secondary N) is 1. The summed E-state index contributed by atoms with van der Waals surface area (Å²) in [5.74, 6) is 0.114. The van der Waals surface area contributed by atoms with Gasteiger partial charge in [-0.3, -0.25) is 4.79 Å². The highest BCUT2D eigenvalue weighted by Crippen LogP contribution is 2.27. The maximum atomic E-state index is 11.4. The standard InChI is InChI=1S/C17H23NO6/c1-3-6-11-7-4-5-8-12(11)23-17-14(18-10(2)20)16(22)15(21)13(9-19)24-17/h3-5,7-8,13-17,19,21-22H,1,6,9H2,2H3,(H,18,20)/t13-,14+,15+,16+,17-/m0/s1. The predicted octanol–water partition coefficient (Wildman–Crippen LogP) is -0.262. The summed E-state index contributed by atoms with van der Waals surface area (Å²) >= 11 is 0. The van der Waals surface area contributed by atoms with Crippen LogP contribution in [0.1, 0.15) is 12.5 Å². The zero-order valence-corrected chi connectivity index (χ0v) is 13.5. The maximum Gasteiger partial charge on any atom is 0.223 e. The second-order valence-corrected chi connectivity index (χ2v) is 5.65. The SMILES string of the molecule is C=CCc1ccccc1O[C@H]1O[C@@H](CO)[C@@H](O)[C@H](O)[C@H]1NC(C)=O. The molecule has 1 aromatic carbocycles. The van der Waals surface area contributed by atoms with Crippen LogP contribution in [0.2, 0.25) is 0 Å². The third-order valence-corrected chi connectivity index (χ3v) is 3.83. The van der Waals surface area contributed by atoms with Crippen molar-refractivity contribution < 1.29 is 29.6 Å². The molecule has 0 aromatic heterocycles. The molecule has 7 nitrogen and oxygen atoms in total. The molecule has 0 radical (unpaired) electrons. The number of aliphatic hydroxyl groups is 3. The van der Waals surface area contributed by atoms with Crippen LogP contribution in [0.4, 0.5) is 0 Å². The van der Waals surface area contributed by atoms with E-state index in [2.05, 4.69) is 11.9 Å². The molecule has 4 N–H and O–H groups in total. The summed E-state index contributed by atoms with van der Waals surface area (Å²) in [5, 5.41) is 32.1. The highest BCUT2D eigenvalue weighted by molar-refractivity contribution is 5.73. The molecule has 0 bridgehead atoms. The van der Waals surface area contributed by atoms with E-state index in [1.54, 1.807) is 18.2 Å². The molecule has 1 fully saturated rings. The fourth-order valence-corrected chi connectivity index (χ4v) is 2.64. The summed E-state index contributed by atoms with van der Waals surface area (Å²) in [6.45, 7) is 4.50. The zero-order valence-electron chi connectivity index (χ0n) is 13.5. The lowest BCUT2D eigenvalue weighted by atomic mass is 9.97. The van der Waals surface area contributed by atoms with Crippen LogP contribution in [-0.4, -0.2) is 58.5 Å². The molecule has 5 atom stereocenters. The number of hydrogen-bond donors (Lipinski definition) is 4. The Morgan fingerprint density at radius 3 is 2.71 bits per heavy atom. The van der Waals surface area contributed by atoms with Crippen LogP contribution in [0.3, 0.4) is 0 Å². The van der Waals surface area contributed by atoms with Gasteiger partial charge in [-0.1, -0.05) is 24.3 Å². The van der Waals surface area contributed by atoms with Crippen LogP contribution in [0, 0.1) is 0 Å². The molecule has 7 heteroatoms. The average molecular weight is 337 g/mol. The molecule has 1 aliphatic heterocycles. The van der Waals surface area contributed by atoms with Gasteiger partial charge in [-0.2, -0.15) is 0 Å². The monoisotopic (exact) mass is 337 g/mol. The van der Waals surface area contributed by atoms with Crippen LogP contribution in [-0.2, 0) is 16.0 Å². The van der Waals surface area contributed by atoms with Crippen molar-refractivity contribution in [2.75, 3.05) is 6.61 Å². The van der Waals surface area contributed by atoms with E-state index in [1.807, 2.05) is 12.1 Å². The average Bonchev–Trinajstić information content (AvgIpc) is 2.56. The van der Waals surface area contributed by atoms with Gasteiger partial charge in [0.25, 0.3) is 0 Å². The molecular weight excluding hydrogens is 314 g/mol. The Bertz CT molecular complexity index is 578. The van der Waals surface area contributed by atoms with Gasteiger partial charge >= 0.3 is 0 Å². The number of hydrogen-bond acceptors (Lipinski definition) is 6. The van der Waals surface area contributed by atoms with E-state index < -0.39 is 43.2 Å². The largest absolute Gasteiger partial charge is 0.462 e. The van der Waals surface area contributed by atoms with Crippen molar-refractivity contribution in [3.63, 3.8) is 0 Å². The number of carbonyl (C=O) groups is 1. The lowest BCUT2D eigenvalue weighted by molar-refractivity contribution is -0.244. The van der Waals surface area contributed by atoms with Gasteiger partial charge in [0.1, 0.15) is 30.1 Å². The summed E-state index contributed by atoms with van der Waals surface area (Å²) in [7, 11) is 0. The van der Waals surface area contributed by atoms with Gasteiger partial charge in [0.2, 0.25) is 12.2 Å². The van der Waals surface area contributed by atoms with Gasteiger partial charge in [0.05, 0.1) is 6.61 Å². The van der Waals surface area contributed by atoms with Crippen LogP contribution in [0.15, 0.2) is 36.9 Å². The first-order chi connectivity index (χ1) is 11.5. The van der Waals surface area contributed by atoms with Crippen molar-refractivity contribution in [3.05, 3.63) is 42.5 Å². The number of rotatable bonds is 6. The number of allylic oxidation sites excluding steroid dienone is 1. The second kappa shape index (κ2) is 8.25. The minimum atomic E-state index is -1.34. The predicted molar refractivity (Wildman–Crippen MR) is 86.3 cm³/mol. The molecular formula is C17H23NO6. The summed E-state index contributed by atoms with van der Waals surface area (Å²) in [6.07, 6.45) is -2.45. The molecule has 0 unspecified atom stereocenters. The van der Waals surface area contributed by atoms with Gasteiger partial charge in [0.15, 0.2) is 0 Å². The topological polar surface area (TPSA) is 108 Å². The van der Waals surface area contributed by atoms with E-state index in [-0.39, 0.29) is 0 Å². The number of para-hydroxylation sites is 1. The third kappa shape index (κ3) is 4.12. The fourth-order valence-electron chi connectivity index (χ4n) is 2.64. The first-order valence-corrected chi connectivity index (χ1v) is 7.73. The third-order valence-electron chi connectivity index (χ3n) is 3.83. The Morgan fingerprint density at radius 2 is 2.08 bits per heavy atom. The van der Waals surface area contributed by atoms with Gasteiger partial charge in [0, 0.05) is 6.92 Å². The zero-order chi connectivity index (χ0) is 17.7. The van der Waals surface area contributed by atoms with Crippen LogP contribution in [0.25, 0.3) is 0 Å². The summed E-state index contributed by atoms with van der Waals surface area (Å²) in [6, 6.07) is 6.26. The number of amides is 1. The second-order valence-electron chi connectivity index (χ2n) is 5.65. The Labute approximate surface area is 140 Å². The number of benzene rings is 1. The maximum absolute atomic E-state index is 11.4. The van der Waals surface area contributed by atoms with Crippen molar-refractivity contribution in [2.45, 2.75) is 44.0 Å². The van der Waals surface area contributed by atoms with Gasteiger partial charge in [-0.05, 0) is 18.1 Å². The number of ether oxygens (including phenoxy) is 2. The first-order valence-electron chi connectivity index (χ1n) is 7.73. The van der Waals surface area contributed by atoms with Crippen LogP contribution < -0.4 is 10.1 Å². The molecule has 0 saturated carbocycles. The summed E-state index contributed by atoms with van der Waals surface area (Å²) in [5.41, 5.74) is 0.860.